The number of rotatable bonds is 3. The highest BCUT2D eigenvalue weighted by Gasteiger charge is 2.24. The molecule has 2 heterocycles. The minimum atomic E-state index is 0.352. The van der Waals surface area contributed by atoms with E-state index in [9.17, 15) is 5.11 Å². The van der Waals surface area contributed by atoms with Crippen LogP contribution in [0.3, 0.4) is 0 Å². The molecule has 0 saturated carbocycles. The zero-order valence-electron chi connectivity index (χ0n) is 9.62. The number of hydrogen-bond acceptors (Lipinski definition) is 3. The summed E-state index contributed by atoms with van der Waals surface area (Å²) in [6.07, 6.45) is 6.44. The van der Waals surface area contributed by atoms with Gasteiger partial charge in [-0.2, -0.15) is 0 Å². The third-order valence-electron chi connectivity index (χ3n) is 3.91. The average Bonchev–Trinajstić information content (AvgIpc) is 2.31. The first-order chi connectivity index (χ1) is 7.40. The van der Waals surface area contributed by atoms with Gasteiger partial charge in [-0.3, -0.25) is 4.90 Å². The van der Waals surface area contributed by atoms with E-state index in [0.717, 1.165) is 5.92 Å². The zero-order chi connectivity index (χ0) is 10.5. The Kier molecular flexibility index (Phi) is 4.42. The summed E-state index contributed by atoms with van der Waals surface area (Å²) in [5.41, 5.74) is 0. The normalized spacial score (nSPS) is 30.6. The number of nitrogens with zero attached hydrogens (tertiary/aromatic N) is 1. The Morgan fingerprint density at radius 2 is 1.93 bits per heavy atom. The second kappa shape index (κ2) is 5.83. The summed E-state index contributed by atoms with van der Waals surface area (Å²) in [4.78, 5) is 2.53. The molecule has 88 valence electrons. The van der Waals surface area contributed by atoms with Gasteiger partial charge in [0, 0.05) is 12.6 Å². The second-order valence-corrected chi connectivity index (χ2v) is 5.02. The lowest BCUT2D eigenvalue weighted by molar-refractivity contribution is 0.0709. The van der Waals surface area contributed by atoms with Crippen LogP contribution in [0.4, 0.5) is 0 Å². The molecule has 1 atom stereocenters. The van der Waals surface area contributed by atoms with Gasteiger partial charge in [0.15, 0.2) is 0 Å². The maximum absolute atomic E-state index is 9.34. The van der Waals surface area contributed by atoms with E-state index in [1.807, 2.05) is 0 Å². The molecule has 2 N–H and O–H groups in total. The first kappa shape index (κ1) is 11.4. The van der Waals surface area contributed by atoms with E-state index in [0.29, 0.717) is 12.6 Å². The minimum Gasteiger partial charge on any atom is -0.395 e. The van der Waals surface area contributed by atoms with E-state index in [-0.39, 0.29) is 0 Å². The standard InChI is InChI=1S/C12H24N2O/c15-10-12-3-1-2-8-14(12)9-11-4-6-13-7-5-11/h11-13,15H,1-10H2. The topological polar surface area (TPSA) is 35.5 Å². The van der Waals surface area contributed by atoms with E-state index in [4.69, 9.17) is 0 Å². The highest BCUT2D eigenvalue weighted by molar-refractivity contribution is 4.80. The van der Waals surface area contributed by atoms with Gasteiger partial charge in [-0.05, 0) is 51.2 Å². The molecule has 2 aliphatic heterocycles. The van der Waals surface area contributed by atoms with Crippen molar-refractivity contribution in [2.24, 2.45) is 5.92 Å². The Morgan fingerprint density at radius 3 is 2.67 bits per heavy atom. The molecule has 0 bridgehead atoms. The van der Waals surface area contributed by atoms with Crippen LogP contribution in [-0.4, -0.2) is 48.8 Å². The minimum absolute atomic E-state index is 0.352. The molecule has 2 aliphatic rings. The summed E-state index contributed by atoms with van der Waals surface area (Å²) in [5.74, 6) is 0.860. The first-order valence-corrected chi connectivity index (χ1v) is 6.46. The van der Waals surface area contributed by atoms with Crippen molar-refractivity contribution in [3.8, 4) is 0 Å². The highest BCUT2D eigenvalue weighted by Crippen LogP contribution is 2.21. The average molecular weight is 212 g/mol. The Bertz CT molecular complexity index is 180. The van der Waals surface area contributed by atoms with Crippen molar-refractivity contribution in [1.29, 1.82) is 0 Å². The summed E-state index contributed by atoms with van der Waals surface area (Å²) in [6, 6.07) is 0.452. The molecule has 0 aliphatic carbocycles. The van der Waals surface area contributed by atoms with Gasteiger partial charge >= 0.3 is 0 Å². The van der Waals surface area contributed by atoms with Gasteiger partial charge in [0.2, 0.25) is 0 Å². The van der Waals surface area contributed by atoms with Crippen LogP contribution in [0.1, 0.15) is 32.1 Å². The zero-order valence-corrected chi connectivity index (χ0v) is 9.62. The number of nitrogens with one attached hydrogen (secondary N) is 1. The summed E-state index contributed by atoms with van der Waals surface area (Å²) >= 11 is 0. The Morgan fingerprint density at radius 1 is 1.13 bits per heavy atom. The maximum Gasteiger partial charge on any atom is 0.0586 e. The predicted octanol–water partition coefficient (Wildman–Crippen LogP) is 0.833. The number of aliphatic hydroxyl groups excluding tert-OH is 1. The molecule has 2 saturated heterocycles. The van der Waals surface area contributed by atoms with E-state index < -0.39 is 0 Å². The van der Waals surface area contributed by atoms with Crippen LogP contribution in [0.5, 0.6) is 0 Å². The van der Waals surface area contributed by atoms with Crippen molar-refractivity contribution >= 4 is 0 Å². The lowest BCUT2D eigenvalue weighted by Crippen LogP contribution is -2.45. The molecule has 2 fully saturated rings. The molecule has 3 heteroatoms. The van der Waals surface area contributed by atoms with Crippen LogP contribution in [0, 0.1) is 5.92 Å². The van der Waals surface area contributed by atoms with Crippen molar-refractivity contribution in [3.05, 3.63) is 0 Å². The molecule has 0 aromatic carbocycles. The summed E-state index contributed by atoms with van der Waals surface area (Å²) in [6.45, 7) is 5.14. The van der Waals surface area contributed by atoms with Crippen molar-refractivity contribution in [3.63, 3.8) is 0 Å². The molecule has 0 radical (unpaired) electrons. The lowest BCUT2D eigenvalue weighted by atomic mass is 9.94. The predicted molar refractivity (Wildman–Crippen MR) is 61.9 cm³/mol. The molecule has 1 unspecified atom stereocenters. The summed E-state index contributed by atoms with van der Waals surface area (Å²) < 4.78 is 0. The molecular formula is C12H24N2O. The molecule has 2 rings (SSSR count). The monoisotopic (exact) mass is 212 g/mol. The van der Waals surface area contributed by atoms with Gasteiger partial charge < -0.3 is 10.4 Å². The maximum atomic E-state index is 9.34. The fourth-order valence-corrected chi connectivity index (χ4v) is 2.90. The molecule has 15 heavy (non-hydrogen) atoms. The Hall–Kier alpha value is -0.120. The third-order valence-corrected chi connectivity index (χ3v) is 3.91. The number of hydrogen-bond donors (Lipinski definition) is 2. The largest absolute Gasteiger partial charge is 0.395 e. The van der Waals surface area contributed by atoms with Crippen LogP contribution in [0.2, 0.25) is 0 Å². The highest BCUT2D eigenvalue weighted by atomic mass is 16.3. The van der Waals surface area contributed by atoms with Crippen LogP contribution in [0.15, 0.2) is 0 Å². The van der Waals surface area contributed by atoms with Crippen molar-refractivity contribution < 1.29 is 5.11 Å². The van der Waals surface area contributed by atoms with E-state index in [1.165, 1.54) is 58.3 Å². The lowest BCUT2D eigenvalue weighted by Gasteiger charge is -2.38. The smallest absolute Gasteiger partial charge is 0.0586 e. The van der Waals surface area contributed by atoms with Gasteiger partial charge in [0.05, 0.1) is 6.61 Å². The first-order valence-electron chi connectivity index (χ1n) is 6.46. The third kappa shape index (κ3) is 3.16. The van der Waals surface area contributed by atoms with Crippen molar-refractivity contribution in [2.45, 2.75) is 38.1 Å². The quantitative estimate of drug-likeness (QED) is 0.727. The SMILES string of the molecule is OCC1CCCCN1CC1CCNCC1. The van der Waals surface area contributed by atoms with Gasteiger partial charge in [0.1, 0.15) is 0 Å². The van der Waals surface area contributed by atoms with Gasteiger partial charge in [-0.1, -0.05) is 6.42 Å². The van der Waals surface area contributed by atoms with Gasteiger partial charge in [0.25, 0.3) is 0 Å². The summed E-state index contributed by atoms with van der Waals surface area (Å²) in [7, 11) is 0. The summed E-state index contributed by atoms with van der Waals surface area (Å²) in [5, 5.41) is 12.7. The second-order valence-electron chi connectivity index (χ2n) is 5.02. The molecule has 0 spiro atoms. The molecule has 3 nitrogen and oxygen atoms in total. The number of aliphatic hydroxyl groups is 1. The van der Waals surface area contributed by atoms with Crippen molar-refractivity contribution in [1.82, 2.24) is 10.2 Å². The van der Waals surface area contributed by atoms with Gasteiger partial charge in [-0.25, -0.2) is 0 Å². The van der Waals surface area contributed by atoms with E-state index >= 15 is 0 Å². The van der Waals surface area contributed by atoms with Crippen LogP contribution >= 0.6 is 0 Å². The number of likely N-dealkylation sites (tertiary alicyclic amines) is 1. The fraction of sp³-hybridized carbons (Fsp3) is 1.00. The van der Waals surface area contributed by atoms with Crippen LogP contribution in [-0.2, 0) is 0 Å². The van der Waals surface area contributed by atoms with E-state index in [1.54, 1.807) is 0 Å². The fourth-order valence-electron chi connectivity index (χ4n) is 2.90. The molecule has 0 amide bonds. The van der Waals surface area contributed by atoms with Crippen molar-refractivity contribution in [2.75, 3.05) is 32.8 Å². The van der Waals surface area contributed by atoms with E-state index in [2.05, 4.69) is 10.2 Å². The molecular weight excluding hydrogens is 188 g/mol. The molecule has 0 aromatic rings. The number of piperidine rings is 2. The van der Waals surface area contributed by atoms with Crippen LogP contribution in [0.25, 0.3) is 0 Å². The Balaban J connectivity index is 1.79. The van der Waals surface area contributed by atoms with Crippen LogP contribution < -0.4 is 5.32 Å². The molecule has 0 aromatic heterocycles. The Labute approximate surface area is 92.8 Å². The van der Waals surface area contributed by atoms with Gasteiger partial charge in [-0.15, -0.1) is 0 Å².